The maximum Gasteiger partial charge on any atom is 0.219 e. The molecule has 1 N–H and O–H groups in total. The third-order valence-corrected chi connectivity index (χ3v) is 11.9. The third-order valence-electron chi connectivity index (χ3n) is 11.9. The number of fused-ring (bicyclic) bond motifs is 3. The van der Waals surface area contributed by atoms with Gasteiger partial charge in [-0.1, -0.05) is 104 Å². The average Bonchev–Trinajstić information content (AvgIpc) is 3.70. The standard InChI is InChI=1S/C33H31N2O2.C15H28O2.Ir/c1-7-8-29-20(3)24-10-9-21(15-30(24)37-29)25-16-28(35-32-31(25)19(2)18-36-32)23-13-22-11-12-34-17-26(22)27(14-23)33(4,5)6;1-7-14(5,8-2)12(16)11-13(17)15(6,9-3)10-4;/h9-12,14-18H,7-8H2,1-6H3;11,16H,7-10H2,1-6H3;/q-1;;/b;12-11-;. The first-order valence-electron chi connectivity index (χ1n) is 19.7. The molecule has 0 fully saturated rings. The van der Waals surface area contributed by atoms with Gasteiger partial charge in [-0.2, -0.15) is 0 Å². The van der Waals surface area contributed by atoms with Crippen LogP contribution in [0.25, 0.3) is 55.2 Å². The maximum atomic E-state index is 12.2. The minimum absolute atomic E-state index is 0. The number of furan rings is 2. The summed E-state index contributed by atoms with van der Waals surface area (Å²) in [7, 11) is 0. The van der Waals surface area contributed by atoms with E-state index in [4.69, 9.17) is 13.8 Å². The molecule has 0 atom stereocenters. The number of rotatable bonds is 11. The Hall–Kier alpha value is -4.06. The van der Waals surface area contributed by atoms with Crippen molar-refractivity contribution in [1.29, 1.82) is 0 Å². The zero-order valence-corrected chi connectivity index (χ0v) is 37.3. The fourth-order valence-corrected chi connectivity index (χ4v) is 7.03. The summed E-state index contributed by atoms with van der Waals surface area (Å²) in [6.07, 6.45) is 12.3. The smallest absolute Gasteiger partial charge is 0.219 e. The van der Waals surface area contributed by atoms with Crippen LogP contribution in [-0.2, 0) is 36.7 Å². The quantitative estimate of drug-likeness (QED) is 0.0791. The van der Waals surface area contributed by atoms with E-state index in [-0.39, 0.29) is 47.9 Å². The van der Waals surface area contributed by atoms with Crippen molar-refractivity contribution in [3.05, 3.63) is 95.4 Å². The van der Waals surface area contributed by atoms with E-state index in [1.54, 1.807) is 6.26 Å². The average molecular weight is 920 g/mol. The van der Waals surface area contributed by atoms with E-state index in [9.17, 15) is 9.90 Å². The summed E-state index contributed by atoms with van der Waals surface area (Å²) in [5.74, 6) is 1.36. The number of ketones is 1. The number of pyridine rings is 2. The van der Waals surface area contributed by atoms with Gasteiger partial charge in [-0.25, -0.2) is 0 Å². The molecule has 0 bridgehead atoms. The molecule has 0 spiro atoms. The number of aliphatic hydroxyl groups excluding tert-OH is 1. The van der Waals surface area contributed by atoms with Gasteiger partial charge in [-0.15, -0.1) is 23.6 Å². The number of nitrogens with zero attached hydrogens (tertiary/aromatic N) is 2. The first-order chi connectivity index (χ1) is 25.5. The molecule has 55 heavy (non-hydrogen) atoms. The molecule has 0 unspecified atom stereocenters. The van der Waals surface area contributed by atoms with Crippen LogP contribution in [0.5, 0.6) is 0 Å². The monoisotopic (exact) mass is 920 g/mol. The molecule has 1 radical (unpaired) electrons. The summed E-state index contributed by atoms with van der Waals surface area (Å²) in [5.41, 5.74) is 8.37. The van der Waals surface area contributed by atoms with Crippen LogP contribution in [0.15, 0.2) is 75.7 Å². The summed E-state index contributed by atoms with van der Waals surface area (Å²) < 4.78 is 12.2. The molecule has 0 aliphatic carbocycles. The van der Waals surface area contributed by atoms with Gasteiger partial charge in [0.2, 0.25) is 5.71 Å². The van der Waals surface area contributed by atoms with Gasteiger partial charge in [0.15, 0.2) is 5.78 Å². The van der Waals surface area contributed by atoms with Crippen molar-refractivity contribution in [3.8, 4) is 22.4 Å². The van der Waals surface area contributed by atoms with Gasteiger partial charge in [0.25, 0.3) is 0 Å². The molecule has 4 heterocycles. The molecule has 4 aromatic heterocycles. The van der Waals surface area contributed by atoms with Crippen molar-refractivity contribution in [2.75, 3.05) is 0 Å². The fourth-order valence-electron chi connectivity index (χ4n) is 7.03. The van der Waals surface area contributed by atoms with Gasteiger partial charge in [-0.05, 0) is 85.9 Å². The first kappa shape index (κ1) is 43.7. The third kappa shape index (κ3) is 8.84. The van der Waals surface area contributed by atoms with Crippen LogP contribution in [0.3, 0.4) is 0 Å². The van der Waals surface area contributed by atoms with Gasteiger partial charge in [0.05, 0.1) is 6.26 Å². The zero-order chi connectivity index (χ0) is 39.6. The minimum atomic E-state index is -0.337. The molecular formula is C48H59IrN2O4-. The van der Waals surface area contributed by atoms with E-state index >= 15 is 0 Å². The number of aromatic nitrogens is 2. The molecule has 0 aliphatic heterocycles. The Morgan fingerprint density at radius 2 is 1.56 bits per heavy atom. The second-order valence-corrected chi connectivity index (χ2v) is 16.5. The second kappa shape index (κ2) is 17.4. The Morgan fingerprint density at radius 3 is 2.18 bits per heavy atom. The van der Waals surface area contributed by atoms with E-state index in [1.807, 2.05) is 60.0 Å². The summed E-state index contributed by atoms with van der Waals surface area (Å²) in [6.45, 7) is 25.2. The second-order valence-electron chi connectivity index (χ2n) is 16.5. The maximum absolute atomic E-state index is 12.2. The summed E-state index contributed by atoms with van der Waals surface area (Å²) >= 11 is 0. The molecule has 0 amide bonds. The normalized spacial score (nSPS) is 12.5. The molecular weight excluding hydrogens is 861 g/mol. The number of aryl methyl sites for hydroxylation is 3. The molecule has 6 aromatic rings. The molecule has 6 nitrogen and oxygen atoms in total. The van der Waals surface area contributed by atoms with Crippen LogP contribution in [0, 0.1) is 30.7 Å². The SMILES string of the molecule is CCC(C)(CC)C(=O)/C=C(\O)C(C)(CC)CC.CCCc1oc2cc(-c3cc(-c4[c-]c5ccncc5c(C(C)(C)C)c4)nc4occ(C)c34)ccc2c1C.[Ir]. The predicted octanol–water partition coefficient (Wildman–Crippen LogP) is 13.8. The number of aliphatic hydroxyl groups is 1. The van der Waals surface area contributed by atoms with Crippen molar-refractivity contribution < 1.29 is 38.8 Å². The van der Waals surface area contributed by atoms with Crippen LogP contribution in [-0.4, -0.2) is 20.9 Å². The topological polar surface area (TPSA) is 89.4 Å². The first-order valence-corrected chi connectivity index (χ1v) is 19.7. The molecule has 0 aliphatic rings. The van der Waals surface area contributed by atoms with Crippen LogP contribution in [0.2, 0.25) is 0 Å². The molecule has 6 rings (SSSR count). The largest absolute Gasteiger partial charge is 0.512 e. The number of carbonyl (C=O) groups is 1. The van der Waals surface area contributed by atoms with E-state index < -0.39 is 0 Å². The van der Waals surface area contributed by atoms with Gasteiger partial charge in [0.1, 0.15) is 17.1 Å². The Kier molecular flexibility index (Phi) is 13.8. The minimum Gasteiger partial charge on any atom is -0.512 e. The summed E-state index contributed by atoms with van der Waals surface area (Å²) in [4.78, 5) is 21.5. The number of allylic oxidation sites excluding steroid dienone is 2. The van der Waals surface area contributed by atoms with E-state index in [0.29, 0.717) is 5.71 Å². The van der Waals surface area contributed by atoms with Gasteiger partial charge >= 0.3 is 0 Å². The number of hydrogen-bond donors (Lipinski definition) is 1. The van der Waals surface area contributed by atoms with Crippen LogP contribution in [0.4, 0.5) is 0 Å². The molecule has 2 aromatic carbocycles. The number of hydrogen-bond acceptors (Lipinski definition) is 6. The predicted molar refractivity (Wildman–Crippen MR) is 224 cm³/mol. The van der Waals surface area contributed by atoms with Crippen LogP contribution in [0.1, 0.15) is 124 Å². The fraction of sp³-hybridized carbons (Fsp3) is 0.438. The van der Waals surface area contributed by atoms with Crippen molar-refractivity contribution in [2.24, 2.45) is 10.8 Å². The van der Waals surface area contributed by atoms with Gasteiger partial charge in [0, 0.05) is 66.1 Å². The number of benzene rings is 2. The Morgan fingerprint density at radius 1 is 0.891 bits per heavy atom. The summed E-state index contributed by atoms with van der Waals surface area (Å²) in [6, 6.07) is 16.5. The van der Waals surface area contributed by atoms with Crippen LogP contribution >= 0.6 is 0 Å². The number of carbonyl (C=O) groups excluding carboxylic acids is 1. The zero-order valence-electron chi connectivity index (χ0n) is 34.9. The molecule has 295 valence electrons. The van der Waals surface area contributed by atoms with E-state index in [1.165, 1.54) is 22.6 Å². The van der Waals surface area contributed by atoms with Gasteiger partial charge in [-0.3, -0.25) is 14.8 Å². The van der Waals surface area contributed by atoms with Crippen molar-refractivity contribution in [1.82, 2.24) is 9.97 Å². The van der Waals surface area contributed by atoms with Crippen molar-refractivity contribution in [3.63, 3.8) is 0 Å². The summed E-state index contributed by atoms with van der Waals surface area (Å²) in [5, 5.41) is 14.5. The van der Waals surface area contributed by atoms with Gasteiger partial charge < -0.3 is 13.9 Å². The van der Waals surface area contributed by atoms with Crippen molar-refractivity contribution >= 4 is 38.6 Å². The molecule has 0 saturated heterocycles. The van der Waals surface area contributed by atoms with E-state index in [0.717, 1.165) is 94.0 Å². The Bertz CT molecular complexity index is 2310. The van der Waals surface area contributed by atoms with Crippen molar-refractivity contribution in [2.45, 2.75) is 127 Å². The Balaban J connectivity index is 0.000000320. The van der Waals surface area contributed by atoms with E-state index in [2.05, 4.69) is 82.9 Å². The molecule has 0 saturated carbocycles. The molecule has 7 heteroatoms. The Labute approximate surface area is 341 Å². The van der Waals surface area contributed by atoms with Crippen LogP contribution < -0.4 is 0 Å².